The number of rotatable bonds is 4. The van der Waals surface area contributed by atoms with Gasteiger partial charge in [0.15, 0.2) is 0 Å². The Labute approximate surface area is 125 Å². The van der Waals surface area contributed by atoms with Crippen LogP contribution in [0, 0.1) is 11.8 Å². The lowest BCUT2D eigenvalue weighted by atomic mass is 9.81. The van der Waals surface area contributed by atoms with Crippen molar-refractivity contribution in [3.63, 3.8) is 0 Å². The molecular weight excluding hydrogens is 244 g/mol. The lowest BCUT2D eigenvalue weighted by Crippen LogP contribution is -2.56. The first-order chi connectivity index (χ1) is 9.72. The summed E-state index contributed by atoms with van der Waals surface area (Å²) in [5.74, 6) is 1.75. The van der Waals surface area contributed by atoms with E-state index < -0.39 is 0 Å². The summed E-state index contributed by atoms with van der Waals surface area (Å²) in [5.41, 5.74) is 0. The van der Waals surface area contributed by atoms with Gasteiger partial charge in [-0.05, 0) is 43.9 Å². The highest BCUT2D eigenvalue weighted by molar-refractivity contribution is 4.92. The van der Waals surface area contributed by atoms with E-state index in [1.54, 1.807) is 0 Å². The van der Waals surface area contributed by atoms with E-state index in [0.29, 0.717) is 0 Å². The molecular formula is C18H34N2. The number of hydrogen-bond acceptors (Lipinski definition) is 2. The van der Waals surface area contributed by atoms with E-state index in [1.165, 1.54) is 70.9 Å². The summed E-state index contributed by atoms with van der Waals surface area (Å²) in [4.78, 5) is 2.83. The first kappa shape index (κ1) is 14.8. The highest BCUT2D eigenvalue weighted by atomic mass is 15.2. The highest BCUT2D eigenvalue weighted by Crippen LogP contribution is 2.32. The Morgan fingerprint density at radius 2 is 1.60 bits per heavy atom. The van der Waals surface area contributed by atoms with Crippen molar-refractivity contribution in [3.05, 3.63) is 0 Å². The molecule has 0 bridgehead atoms. The Morgan fingerprint density at radius 1 is 0.850 bits per heavy atom. The molecule has 0 amide bonds. The fourth-order valence-electron chi connectivity index (χ4n) is 4.43. The van der Waals surface area contributed by atoms with Gasteiger partial charge in [-0.15, -0.1) is 0 Å². The van der Waals surface area contributed by atoms with Crippen molar-refractivity contribution in [2.75, 3.05) is 13.1 Å². The molecule has 116 valence electrons. The van der Waals surface area contributed by atoms with Crippen molar-refractivity contribution < 1.29 is 0 Å². The SMILES string of the molecule is CC(C)C1CC(NC2CCCCC2)CN(C2CCC2)C1. The predicted molar refractivity (Wildman–Crippen MR) is 86.0 cm³/mol. The van der Waals surface area contributed by atoms with Crippen LogP contribution in [0.4, 0.5) is 0 Å². The van der Waals surface area contributed by atoms with Crippen LogP contribution in [0.2, 0.25) is 0 Å². The van der Waals surface area contributed by atoms with Crippen molar-refractivity contribution in [3.8, 4) is 0 Å². The third kappa shape index (κ3) is 3.57. The Kier molecular flexibility index (Phi) is 5.04. The zero-order chi connectivity index (χ0) is 13.9. The van der Waals surface area contributed by atoms with Gasteiger partial charge < -0.3 is 5.32 Å². The Morgan fingerprint density at radius 3 is 2.20 bits per heavy atom. The van der Waals surface area contributed by atoms with Crippen molar-refractivity contribution >= 4 is 0 Å². The molecule has 0 aromatic rings. The monoisotopic (exact) mass is 278 g/mol. The third-order valence-corrected chi connectivity index (χ3v) is 6.12. The lowest BCUT2D eigenvalue weighted by molar-refractivity contribution is 0.0412. The molecule has 3 fully saturated rings. The van der Waals surface area contributed by atoms with Crippen molar-refractivity contribution in [1.82, 2.24) is 10.2 Å². The Hall–Kier alpha value is -0.0800. The second-order valence-electron chi connectivity index (χ2n) is 7.98. The summed E-state index contributed by atoms with van der Waals surface area (Å²) in [6.45, 7) is 7.54. The number of nitrogens with zero attached hydrogens (tertiary/aromatic N) is 1. The molecule has 2 aliphatic carbocycles. The summed E-state index contributed by atoms with van der Waals surface area (Å²) in [7, 11) is 0. The quantitative estimate of drug-likeness (QED) is 0.841. The maximum Gasteiger partial charge on any atom is 0.0200 e. The fourth-order valence-corrected chi connectivity index (χ4v) is 4.43. The number of piperidine rings is 1. The summed E-state index contributed by atoms with van der Waals surface area (Å²) >= 11 is 0. The third-order valence-electron chi connectivity index (χ3n) is 6.12. The van der Waals surface area contributed by atoms with Crippen LogP contribution in [0.1, 0.15) is 71.6 Å². The largest absolute Gasteiger partial charge is 0.310 e. The van der Waals surface area contributed by atoms with Crippen LogP contribution >= 0.6 is 0 Å². The minimum absolute atomic E-state index is 0.764. The summed E-state index contributed by atoms with van der Waals surface area (Å²) < 4.78 is 0. The van der Waals surface area contributed by atoms with E-state index in [-0.39, 0.29) is 0 Å². The van der Waals surface area contributed by atoms with Gasteiger partial charge in [-0.3, -0.25) is 4.90 Å². The van der Waals surface area contributed by atoms with Gasteiger partial charge >= 0.3 is 0 Å². The van der Waals surface area contributed by atoms with Crippen LogP contribution in [0.15, 0.2) is 0 Å². The summed E-state index contributed by atoms with van der Waals surface area (Å²) in [6.07, 6.45) is 13.0. The maximum atomic E-state index is 4.03. The van der Waals surface area contributed by atoms with E-state index in [9.17, 15) is 0 Å². The molecule has 1 aliphatic heterocycles. The van der Waals surface area contributed by atoms with Crippen LogP contribution in [-0.4, -0.2) is 36.1 Å². The molecule has 0 aromatic heterocycles. The zero-order valence-electron chi connectivity index (χ0n) is 13.6. The molecule has 3 rings (SSSR count). The normalized spacial score (nSPS) is 34.4. The topological polar surface area (TPSA) is 15.3 Å². The molecule has 2 nitrogen and oxygen atoms in total. The van der Waals surface area contributed by atoms with Gasteiger partial charge in [0.1, 0.15) is 0 Å². The van der Waals surface area contributed by atoms with Gasteiger partial charge in [-0.1, -0.05) is 39.5 Å². The van der Waals surface area contributed by atoms with E-state index in [2.05, 4.69) is 24.1 Å². The summed E-state index contributed by atoms with van der Waals surface area (Å²) in [5, 5.41) is 4.03. The smallest absolute Gasteiger partial charge is 0.0200 e. The second-order valence-corrected chi connectivity index (χ2v) is 7.98. The molecule has 3 aliphatic rings. The minimum atomic E-state index is 0.764. The van der Waals surface area contributed by atoms with Crippen LogP contribution in [-0.2, 0) is 0 Å². The van der Waals surface area contributed by atoms with E-state index in [1.807, 2.05) is 0 Å². The van der Waals surface area contributed by atoms with Crippen molar-refractivity contribution in [2.45, 2.75) is 89.8 Å². The number of likely N-dealkylation sites (tertiary alicyclic amines) is 1. The summed E-state index contributed by atoms with van der Waals surface area (Å²) in [6, 6.07) is 2.51. The van der Waals surface area contributed by atoms with Crippen LogP contribution < -0.4 is 5.32 Å². The molecule has 2 atom stereocenters. The Bertz CT molecular complexity index is 290. The average Bonchev–Trinajstić information content (AvgIpc) is 2.37. The van der Waals surface area contributed by atoms with Gasteiger partial charge in [0.05, 0.1) is 0 Å². The van der Waals surface area contributed by atoms with Crippen LogP contribution in [0.3, 0.4) is 0 Å². The minimum Gasteiger partial charge on any atom is -0.310 e. The van der Waals surface area contributed by atoms with Crippen molar-refractivity contribution in [2.24, 2.45) is 11.8 Å². The fraction of sp³-hybridized carbons (Fsp3) is 1.00. The number of nitrogens with one attached hydrogen (secondary N) is 1. The van der Waals surface area contributed by atoms with Gasteiger partial charge in [-0.2, -0.15) is 0 Å². The van der Waals surface area contributed by atoms with E-state index in [0.717, 1.165) is 30.0 Å². The van der Waals surface area contributed by atoms with Crippen molar-refractivity contribution in [1.29, 1.82) is 0 Å². The van der Waals surface area contributed by atoms with Gasteiger partial charge in [-0.25, -0.2) is 0 Å². The highest BCUT2D eigenvalue weighted by Gasteiger charge is 2.35. The van der Waals surface area contributed by atoms with E-state index in [4.69, 9.17) is 0 Å². The lowest BCUT2D eigenvalue weighted by Gasteiger charge is -2.47. The molecule has 2 heteroatoms. The maximum absolute atomic E-state index is 4.03. The molecule has 20 heavy (non-hydrogen) atoms. The van der Waals surface area contributed by atoms with Crippen LogP contribution in [0.25, 0.3) is 0 Å². The van der Waals surface area contributed by atoms with Gasteiger partial charge in [0, 0.05) is 31.2 Å². The molecule has 0 radical (unpaired) electrons. The molecule has 1 N–H and O–H groups in total. The second kappa shape index (κ2) is 6.79. The van der Waals surface area contributed by atoms with Gasteiger partial charge in [0.2, 0.25) is 0 Å². The molecule has 2 saturated carbocycles. The van der Waals surface area contributed by atoms with Crippen LogP contribution in [0.5, 0.6) is 0 Å². The van der Waals surface area contributed by atoms with Gasteiger partial charge in [0.25, 0.3) is 0 Å². The molecule has 1 heterocycles. The average molecular weight is 278 g/mol. The first-order valence-electron chi connectivity index (χ1n) is 9.22. The zero-order valence-corrected chi connectivity index (χ0v) is 13.6. The standard InChI is InChI=1S/C18H34N2/c1-14(2)15-11-17(19-16-7-4-3-5-8-16)13-20(12-15)18-9-6-10-18/h14-19H,3-13H2,1-2H3. The predicted octanol–water partition coefficient (Wildman–Crippen LogP) is 3.81. The molecule has 0 spiro atoms. The molecule has 2 unspecified atom stereocenters. The molecule has 1 saturated heterocycles. The molecule has 0 aromatic carbocycles. The Balaban J connectivity index is 1.56. The number of hydrogen-bond donors (Lipinski definition) is 1. The first-order valence-corrected chi connectivity index (χ1v) is 9.22. The van der Waals surface area contributed by atoms with E-state index >= 15 is 0 Å².